The minimum absolute atomic E-state index is 0.519. The molecule has 1 fully saturated rings. The SMILES string of the molecule is Clc1ccc(COCCNc2ccc3nnc(C4CC4)n3n2)cc1. The second-order valence-corrected chi connectivity index (χ2v) is 6.36. The van der Waals surface area contributed by atoms with Gasteiger partial charge in [-0.05, 0) is 42.7 Å². The predicted molar refractivity (Wildman–Crippen MR) is 92.4 cm³/mol. The van der Waals surface area contributed by atoms with Gasteiger partial charge < -0.3 is 10.1 Å². The molecule has 0 unspecified atom stereocenters. The first kappa shape index (κ1) is 15.4. The highest BCUT2D eigenvalue weighted by Crippen LogP contribution is 2.38. The van der Waals surface area contributed by atoms with Gasteiger partial charge in [0, 0.05) is 17.5 Å². The Bertz CT molecular complexity index is 829. The number of fused-ring (bicyclic) bond motifs is 1. The Morgan fingerprint density at radius 2 is 1.96 bits per heavy atom. The first-order valence-electron chi connectivity index (χ1n) is 8.08. The number of hydrogen-bond donors (Lipinski definition) is 1. The van der Waals surface area contributed by atoms with Crippen LogP contribution >= 0.6 is 11.6 Å². The van der Waals surface area contributed by atoms with Crippen molar-refractivity contribution in [3.8, 4) is 0 Å². The monoisotopic (exact) mass is 343 g/mol. The highest BCUT2D eigenvalue weighted by atomic mass is 35.5. The van der Waals surface area contributed by atoms with Crippen molar-refractivity contribution in [2.24, 2.45) is 0 Å². The highest BCUT2D eigenvalue weighted by molar-refractivity contribution is 6.30. The molecule has 7 heteroatoms. The van der Waals surface area contributed by atoms with Crippen molar-refractivity contribution in [2.75, 3.05) is 18.5 Å². The number of anilines is 1. The van der Waals surface area contributed by atoms with Gasteiger partial charge in [-0.3, -0.25) is 0 Å². The molecule has 0 saturated heterocycles. The van der Waals surface area contributed by atoms with Crippen LogP contribution < -0.4 is 5.32 Å². The quantitative estimate of drug-likeness (QED) is 0.667. The third kappa shape index (κ3) is 3.49. The van der Waals surface area contributed by atoms with Gasteiger partial charge in [-0.25, -0.2) is 0 Å². The van der Waals surface area contributed by atoms with E-state index in [0.717, 1.165) is 27.9 Å². The lowest BCUT2D eigenvalue weighted by Crippen LogP contribution is -2.11. The van der Waals surface area contributed by atoms with Gasteiger partial charge in [0.25, 0.3) is 0 Å². The van der Waals surface area contributed by atoms with Crippen LogP contribution in [-0.2, 0) is 11.3 Å². The zero-order valence-electron chi connectivity index (χ0n) is 13.2. The molecule has 4 rings (SSSR count). The third-order valence-electron chi connectivity index (χ3n) is 3.96. The van der Waals surface area contributed by atoms with E-state index in [9.17, 15) is 0 Å². The molecule has 3 aromatic rings. The maximum Gasteiger partial charge on any atom is 0.178 e. The summed E-state index contributed by atoms with van der Waals surface area (Å²) < 4.78 is 7.50. The van der Waals surface area contributed by atoms with Crippen LogP contribution in [0.1, 0.15) is 30.1 Å². The van der Waals surface area contributed by atoms with E-state index >= 15 is 0 Å². The van der Waals surface area contributed by atoms with E-state index in [0.29, 0.717) is 25.7 Å². The number of nitrogens with one attached hydrogen (secondary N) is 1. The fourth-order valence-corrected chi connectivity index (χ4v) is 2.64. The molecular formula is C17H18ClN5O. The molecular weight excluding hydrogens is 326 g/mol. The van der Waals surface area contributed by atoms with Crippen LogP contribution in [0, 0.1) is 0 Å². The van der Waals surface area contributed by atoms with E-state index in [1.54, 1.807) is 0 Å². The summed E-state index contributed by atoms with van der Waals surface area (Å²) in [5.41, 5.74) is 1.90. The normalized spacial score (nSPS) is 14.2. The molecule has 1 N–H and O–H groups in total. The van der Waals surface area contributed by atoms with Crippen LogP contribution in [0.2, 0.25) is 5.02 Å². The predicted octanol–water partition coefficient (Wildman–Crippen LogP) is 3.28. The number of aromatic nitrogens is 4. The molecule has 6 nitrogen and oxygen atoms in total. The number of rotatable bonds is 7. The summed E-state index contributed by atoms with van der Waals surface area (Å²) in [5.74, 6) is 2.29. The van der Waals surface area contributed by atoms with E-state index in [-0.39, 0.29) is 0 Å². The van der Waals surface area contributed by atoms with Crippen molar-refractivity contribution < 1.29 is 4.74 Å². The summed E-state index contributed by atoms with van der Waals surface area (Å²) in [6.07, 6.45) is 2.36. The van der Waals surface area contributed by atoms with Crippen LogP contribution in [-0.4, -0.2) is 33.0 Å². The number of ether oxygens (including phenoxy) is 1. The molecule has 0 amide bonds. The van der Waals surface area contributed by atoms with Crippen LogP contribution in [0.15, 0.2) is 36.4 Å². The molecule has 124 valence electrons. The minimum Gasteiger partial charge on any atom is -0.375 e. The standard InChI is InChI=1S/C17H18ClN5O/c18-14-5-1-12(2-6-14)11-24-10-9-19-15-7-8-16-20-21-17(13-3-4-13)23(16)22-15/h1-2,5-8,13H,3-4,9-11H2,(H,19,22). The summed E-state index contributed by atoms with van der Waals surface area (Å²) in [6, 6.07) is 11.5. The maximum atomic E-state index is 5.86. The molecule has 1 saturated carbocycles. The van der Waals surface area contributed by atoms with Crippen LogP contribution in [0.3, 0.4) is 0 Å². The Labute approximate surface area is 144 Å². The number of hydrogen-bond acceptors (Lipinski definition) is 5. The average Bonchev–Trinajstić information content (AvgIpc) is 3.36. The summed E-state index contributed by atoms with van der Waals surface area (Å²) >= 11 is 5.86. The van der Waals surface area contributed by atoms with Crippen molar-refractivity contribution in [1.29, 1.82) is 0 Å². The summed E-state index contributed by atoms with van der Waals surface area (Å²) in [7, 11) is 0. The Balaban J connectivity index is 1.28. The van der Waals surface area contributed by atoms with Gasteiger partial charge in [-0.2, -0.15) is 4.52 Å². The minimum atomic E-state index is 0.519. The van der Waals surface area contributed by atoms with E-state index in [1.807, 2.05) is 40.9 Å². The Hall–Kier alpha value is -2.18. The van der Waals surface area contributed by atoms with Gasteiger partial charge in [0.05, 0.1) is 13.2 Å². The second kappa shape index (κ2) is 6.75. The fraction of sp³-hybridized carbons (Fsp3) is 0.353. The van der Waals surface area contributed by atoms with Crippen LogP contribution in [0.4, 0.5) is 5.82 Å². The van der Waals surface area contributed by atoms with Crippen molar-refractivity contribution in [2.45, 2.75) is 25.4 Å². The molecule has 1 aromatic carbocycles. The lowest BCUT2D eigenvalue weighted by Gasteiger charge is -2.07. The van der Waals surface area contributed by atoms with Crippen molar-refractivity contribution in [1.82, 2.24) is 19.8 Å². The van der Waals surface area contributed by atoms with E-state index in [2.05, 4.69) is 20.6 Å². The third-order valence-corrected chi connectivity index (χ3v) is 4.22. The maximum absolute atomic E-state index is 5.86. The molecule has 0 bridgehead atoms. The summed E-state index contributed by atoms with van der Waals surface area (Å²) in [6.45, 7) is 1.86. The van der Waals surface area contributed by atoms with Gasteiger partial charge in [-0.1, -0.05) is 23.7 Å². The van der Waals surface area contributed by atoms with E-state index < -0.39 is 0 Å². The molecule has 24 heavy (non-hydrogen) atoms. The molecule has 0 atom stereocenters. The number of benzene rings is 1. The Morgan fingerprint density at radius 3 is 2.75 bits per heavy atom. The number of nitrogens with zero attached hydrogens (tertiary/aromatic N) is 4. The van der Waals surface area contributed by atoms with Crippen LogP contribution in [0.25, 0.3) is 5.65 Å². The zero-order valence-corrected chi connectivity index (χ0v) is 13.9. The lowest BCUT2D eigenvalue weighted by molar-refractivity contribution is 0.130. The smallest absolute Gasteiger partial charge is 0.178 e. The molecule has 0 aliphatic heterocycles. The van der Waals surface area contributed by atoms with Crippen molar-refractivity contribution in [3.63, 3.8) is 0 Å². The zero-order chi connectivity index (χ0) is 16.4. The van der Waals surface area contributed by atoms with Crippen molar-refractivity contribution in [3.05, 3.63) is 52.8 Å². The fourth-order valence-electron chi connectivity index (χ4n) is 2.52. The molecule has 1 aliphatic carbocycles. The van der Waals surface area contributed by atoms with Gasteiger partial charge in [-0.15, -0.1) is 15.3 Å². The molecule has 0 spiro atoms. The molecule has 2 heterocycles. The summed E-state index contributed by atoms with van der Waals surface area (Å²) in [5, 5.41) is 17.0. The Kier molecular flexibility index (Phi) is 4.32. The van der Waals surface area contributed by atoms with Crippen molar-refractivity contribution >= 4 is 23.1 Å². The Morgan fingerprint density at radius 1 is 1.12 bits per heavy atom. The van der Waals surface area contributed by atoms with Crippen LogP contribution in [0.5, 0.6) is 0 Å². The summed E-state index contributed by atoms with van der Waals surface area (Å²) in [4.78, 5) is 0. The van der Waals surface area contributed by atoms with Gasteiger partial charge in [0.15, 0.2) is 11.5 Å². The largest absolute Gasteiger partial charge is 0.375 e. The van der Waals surface area contributed by atoms with Gasteiger partial charge in [0.1, 0.15) is 5.82 Å². The first-order chi connectivity index (χ1) is 11.8. The van der Waals surface area contributed by atoms with E-state index in [4.69, 9.17) is 16.3 Å². The van der Waals surface area contributed by atoms with Gasteiger partial charge >= 0.3 is 0 Å². The second-order valence-electron chi connectivity index (χ2n) is 5.93. The molecule has 0 radical (unpaired) electrons. The number of halogens is 1. The topological polar surface area (TPSA) is 64.3 Å². The molecule has 2 aromatic heterocycles. The highest BCUT2D eigenvalue weighted by Gasteiger charge is 2.29. The van der Waals surface area contributed by atoms with E-state index in [1.165, 1.54) is 12.8 Å². The molecule has 1 aliphatic rings. The average molecular weight is 344 g/mol. The van der Waals surface area contributed by atoms with Gasteiger partial charge in [0.2, 0.25) is 0 Å². The lowest BCUT2D eigenvalue weighted by atomic mass is 10.2. The first-order valence-corrected chi connectivity index (χ1v) is 8.46.